The third-order valence-electron chi connectivity index (χ3n) is 5.55. The standard InChI is InChI=1S/C22H28N4O/c1-2-3-8-22-24-12-18(25-22)14-26-13-17(21(27)15-26)11-16-9-10-23-20-7-5-4-6-19(16)20/h4-7,9-10,12,17,21,27H,2-3,8,11,13-15H2,1H3,(H,24,25)/t17-,21-/m1/s1. The normalized spacial score (nSPS) is 20.5. The van der Waals surface area contributed by atoms with Crippen molar-refractivity contribution in [1.82, 2.24) is 19.9 Å². The summed E-state index contributed by atoms with van der Waals surface area (Å²) in [5.74, 6) is 1.32. The van der Waals surface area contributed by atoms with Crippen molar-refractivity contribution in [3.8, 4) is 0 Å². The Morgan fingerprint density at radius 1 is 1.19 bits per heavy atom. The number of β-amino-alcohol motifs (C(OH)–C–C–N with tert-alkyl or cyclic N) is 1. The summed E-state index contributed by atoms with van der Waals surface area (Å²) in [4.78, 5) is 14.7. The van der Waals surface area contributed by atoms with Gasteiger partial charge in [-0.1, -0.05) is 31.5 Å². The van der Waals surface area contributed by atoms with Gasteiger partial charge in [-0.3, -0.25) is 9.88 Å². The number of aromatic nitrogens is 3. The fourth-order valence-corrected chi connectivity index (χ4v) is 4.08. The minimum Gasteiger partial charge on any atom is -0.391 e. The number of hydrogen-bond acceptors (Lipinski definition) is 4. The van der Waals surface area contributed by atoms with Crippen molar-refractivity contribution in [3.05, 3.63) is 59.8 Å². The summed E-state index contributed by atoms with van der Waals surface area (Å²) in [6.07, 6.45) is 7.76. The maximum atomic E-state index is 10.6. The van der Waals surface area contributed by atoms with Crippen LogP contribution < -0.4 is 0 Å². The number of nitrogens with zero attached hydrogens (tertiary/aromatic N) is 3. The van der Waals surface area contributed by atoms with Crippen LogP contribution in [-0.2, 0) is 19.4 Å². The van der Waals surface area contributed by atoms with Gasteiger partial charge in [-0.05, 0) is 30.5 Å². The lowest BCUT2D eigenvalue weighted by Gasteiger charge is -2.15. The average Bonchev–Trinajstić information content (AvgIpc) is 3.27. The summed E-state index contributed by atoms with van der Waals surface area (Å²) in [7, 11) is 0. The van der Waals surface area contributed by atoms with Crippen molar-refractivity contribution in [2.45, 2.75) is 45.3 Å². The molecule has 5 nitrogen and oxygen atoms in total. The monoisotopic (exact) mass is 364 g/mol. The van der Waals surface area contributed by atoms with E-state index in [0.29, 0.717) is 0 Å². The third kappa shape index (κ3) is 4.20. The Kier molecular flexibility index (Phi) is 5.50. The number of hydrogen-bond donors (Lipinski definition) is 2. The number of benzene rings is 1. The molecule has 142 valence electrons. The van der Waals surface area contributed by atoms with Crippen molar-refractivity contribution < 1.29 is 5.11 Å². The van der Waals surface area contributed by atoms with Gasteiger partial charge in [0.1, 0.15) is 5.82 Å². The van der Waals surface area contributed by atoms with Crippen LogP contribution in [0.15, 0.2) is 42.7 Å². The summed E-state index contributed by atoms with van der Waals surface area (Å²) in [5.41, 5.74) is 3.44. The Labute approximate surface area is 160 Å². The lowest BCUT2D eigenvalue weighted by Crippen LogP contribution is -2.21. The van der Waals surface area contributed by atoms with E-state index in [4.69, 9.17) is 0 Å². The number of aliphatic hydroxyl groups is 1. The molecule has 2 N–H and O–H groups in total. The molecule has 4 rings (SSSR count). The third-order valence-corrected chi connectivity index (χ3v) is 5.55. The Balaban J connectivity index is 1.40. The Bertz CT molecular complexity index is 885. The zero-order valence-corrected chi connectivity index (χ0v) is 15.9. The SMILES string of the molecule is CCCCc1ncc(CN2C[C@@H](Cc3ccnc4ccccc34)[C@H](O)C2)[nH]1. The fraction of sp³-hybridized carbons (Fsp3) is 0.455. The van der Waals surface area contributed by atoms with Gasteiger partial charge in [-0.15, -0.1) is 0 Å². The van der Waals surface area contributed by atoms with Gasteiger partial charge in [0.15, 0.2) is 0 Å². The minimum atomic E-state index is -0.292. The smallest absolute Gasteiger partial charge is 0.106 e. The van der Waals surface area contributed by atoms with Crippen LogP contribution in [0.3, 0.4) is 0 Å². The first kappa shape index (κ1) is 18.1. The van der Waals surface area contributed by atoms with Crippen LogP contribution in [0.2, 0.25) is 0 Å². The van der Waals surface area contributed by atoms with E-state index in [1.807, 2.05) is 24.5 Å². The summed E-state index contributed by atoms with van der Waals surface area (Å²) in [5, 5.41) is 11.8. The molecule has 0 saturated carbocycles. The first-order chi connectivity index (χ1) is 13.2. The average molecular weight is 364 g/mol. The molecule has 0 aliphatic carbocycles. The highest BCUT2D eigenvalue weighted by atomic mass is 16.3. The van der Waals surface area contributed by atoms with Crippen molar-refractivity contribution >= 4 is 10.9 Å². The van der Waals surface area contributed by atoms with E-state index in [0.717, 1.165) is 55.9 Å². The number of H-pyrrole nitrogens is 1. The van der Waals surface area contributed by atoms with Crippen molar-refractivity contribution in [2.24, 2.45) is 5.92 Å². The molecule has 3 heterocycles. The van der Waals surface area contributed by atoms with Gasteiger partial charge in [-0.25, -0.2) is 4.98 Å². The van der Waals surface area contributed by atoms with Gasteiger partial charge in [0.2, 0.25) is 0 Å². The quantitative estimate of drug-likeness (QED) is 0.675. The highest BCUT2D eigenvalue weighted by Crippen LogP contribution is 2.26. The molecule has 1 fully saturated rings. The van der Waals surface area contributed by atoms with Crippen LogP contribution in [0.25, 0.3) is 10.9 Å². The van der Waals surface area contributed by atoms with Crippen molar-refractivity contribution in [2.75, 3.05) is 13.1 Å². The van der Waals surface area contributed by atoms with Crippen LogP contribution in [0.1, 0.15) is 36.8 Å². The van der Waals surface area contributed by atoms with E-state index in [1.54, 1.807) is 0 Å². The number of unbranched alkanes of at least 4 members (excludes halogenated alkanes) is 1. The van der Waals surface area contributed by atoms with E-state index in [9.17, 15) is 5.11 Å². The molecule has 3 aromatic rings. The predicted octanol–water partition coefficient (Wildman–Crippen LogP) is 3.34. The second-order valence-electron chi connectivity index (χ2n) is 7.67. The summed E-state index contributed by atoms with van der Waals surface area (Å²) in [6.45, 7) is 4.64. The lowest BCUT2D eigenvalue weighted by atomic mass is 9.94. The molecular weight excluding hydrogens is 336 g/mol. The molecule has 0 unspecified atom stereocenters. The van der Waals surface area contributed by atoms with Crippen molar-refractivity contribution in [1.29, 1.82) is 0 Å². The van der Waals surface area contributed by atoms with Gasteiger partial charge in [-0.2, -0.15) is 0 Å². The Morgan fingerprint density at radius 2 is 2.07 bits per heavy atom. The number of likely N-dealkylation sites (tertiary alicyclic amines) is 1. The minimum absolute atomic E-state index is 0.248. The van der Waals surface area contributed by atoms with Crippen LogP contribution >= 0.6 is 0 Å². The van der Waals surface area contributed by atoms with Crippen LogP contribution in [0.5, 0.6) is 0 Å². The molecule has 2 aromatic heterocycles. The number of aryl methyl sites for hydroxylation is 1. The molecule has 5 heteroatoms. The van der Waals surface area contributed by atoms with Gasteiger partial charge in [0.05, 0.1) is 11.6 Å². The first-order valence-corrected chi connectivity index (χ1v) is 9.98. The second kappa shape index (κ2) is 8.19. The van der Waals surface area contributed by atoms with Crippen molar-refractivity contribution in [3.63, 3.8) is 0 Å². The zero-order chi connectivity index (χ0) is 18.6. The summed E-state index contributed by atoms with van der Waals surface area (Å²) in [6, 6.07) is 10.3. The molecule has 0 bridgehead atoms. The second-order valence-corrected chi connectivity index (χ2v) is 7.67. The molecule has 0 spiro atoms. The van der Waals surface area contributed by atoms with Gasteiger partial charge < -0.3 is 10.1 Å². The molecule has 0 radical (unpaired) electrons. The van der Waals surface area contributed by atoms with E-state index in [2.05, 4.69) is 45.0 Å². The van der Waals surface area contributed by atoms with Gasteiger partial charge >= 0.3 is 0 Å². The molecule has 0 amide bonds. The van der Waals surface area contributed by atoms with E-state index in [-0.39, 0.29) is 12.0 Å². The fourth-order valence-electron chi connectivity index (χ4n) is 4.08. The number of aromatic amines is 1. The molecule has 1 aromatic carbocycles. The first-order valence-electron chi connectivity index (χ1n) is 9.98. The molecule has 27 heavy (non-hydrogen) atoms. The van der Waals surface area contributed by atoms with E-state index < -0.39 is 0 Å². The molecule has 2 atom stereocenters. The number of imidazole rings is 1. The number of pyridine rings is 1. The maximum Gasteiger partial charge on any atom is 0.106 e. The largest absolute Gasteiger partial charge is 0.391 e. The topological polar surface area (TPSA) is 65.0 Å². The number of fused-ring (bicyclic) bond motifs is 1. The molecular formula is C22H28N4O. The van der Waals surface area contributed by atoms with Crippen LogP contribution in [0, 0.1) is 5.92 Å². The van der Waals surface area contributed by atoms with Crippen LogP contribution in [0.4, 0.5) is 0 Å². The highest BCUT2D eigenvalue weighted by molar-refractivity contribution is 5.81. The number of para-hydroxylation sites is 1. The van der Waals surface area contributed by atoms with Gasteiger partial charge in [0, 0.05) is 55.4 Å². The summed E-state index contributed by atoms with van der Waals surface area (Å²) >= 11 is 0. The van der Waals surface area contributed by atoms with E-state index in [1.165, 1.54) is 17.4 Å². The van der Waals surface area contributed by atoms with E-state index >= 15 is 0 Å². The van der Waals surface area contributed by atoms with Crippen LogP contribution in [-0.4, -0.2) is 44.2 Å². The Hall–Kier alpha value is -2.24. The predicted molar refractivity (Wildman–Crippen MR) is 107 cm³/mol. The number of aliphatic hydroxyl groups excluding tert-OH is 1. The molecule has 1 aliphatic rings. The molecule has 1 saturated heterocycles. The number of nitrogens with one attached hydrogen (secondary N) is 1. The van der Waals surface area contributed by atoms with Gasteiger partial charge in [0.25, 0.3) is 0 Å². The summed E-state index contributed by atoms with van der Waals surface area (Å²) < 4.78 is 0. The number of rotatable bonds is 7. The maximum absolute atomic E-state index is 10.6. The zero-order valence-electron chi connectivity index (χ0n) is 15.9. The Morgan fingerprint density at radius 3 is 2.96 bits per heavy atom. The highest BCUT2D eigenvalue weighted by Gasteiger charge is 2.31. The molecule has 1 aliphatic heterocycles. The lowest BCUT2D eigenvalue weighted by molar-refractivity contribution is 0.141.